The van der Waals surface area contributed by atoms with Crippen molar-refractivity contribution in [2.24, 2.45) is 0 Å². The molecule has 1 atom stereocenters. The van der Waals surface area contributed by atoms with Crippen LogP contribution in [0.4, 0.5) is 13.2 Å². The fraction of sp³-hybridized carbons (Fsp3) is 0.625. The molecule has 1 fully saturated rings. The second-order valence-electron chi connectivity index (χ2n) is 5.72. The van der Waals surface area contributed by atoms with Crippen molar-refractivity contribution in [3.8, 4) is 17.2 Å². The van der Waals surface area contributed by atoms with Crippen LogP contribution in [0.15, 0.2) is 12.1 Å². The number of halogens is 3. The molecule has 1 aliphatic rings. The van der Waals surface area contributed by atoms with E-state index in [9.17, 15) is 18.3 Å². The molecule has 0 spiro atoms. The number of hydrogen-bond acceptors (Lipinski definition) is 5. The van der Waals surface area contributed by atoms with Crippen molar-refractivity contribution in [2.75, 3.05) is 40.4 Å². The molecule has 0 aromatic heterocycles. The minimum absolute atomic E-state index is 0.0534. The Hall–Kier alpha value is -1.67. The second kappa shape index (κ2) is 7.94. The van der Waals surface area contributed by atoms with E-state index in [1.165, 1.54) is 26.4 Å². The summed E-state index contributed by atoms with van der Waals surface area (Å²) >= 11 is 0. The molecule has 5 nitrogen and oxygen atoms in total. The number of nitrogens with zero attached hydrogens (tertiary/aromatic N) is 1. The molecule has 1 aromatic carbocycles. The minimum Gasteiger partial charge on any atom is -0.508 e. The predicted octanol–water partition coefficient (Wildman–Crippen LogP) is 2.70. The van der Waals surface area contributed by atoms with Gasteiger partial charge in [-0.05, 0) is 6.42 Å². The summed E-state index contributed by atoms with van der Waals surface area (Å²) in [5.74, 6) is 0.609. The number of methoxy groups -OCH3 is 2. The van der Waals surface area contributed by atoms with Gasteiger partial charge in [-0.3, -0.25) is 4.90 Å². The number of ether oxygens (including phenoxy) is 2. The molecular formula is C16H23F3N2O3. The first-order chi connectivity index (χ1) is 11.4. The molecule has 24 heavy (non-hydrogen) atoms. The SMILES string of the molecule is COc1cc(O)cc(OC)c1[C@H](CCC(F)(F)F)N1CCNCC1. The molecule has 1 saturated heterocycles. The van der Waals surface area contributed by atoms with Crippen LogP contribution in [-0.2, 0) is 0 Å². The van der Waals surface area contributed by atoms with Crippen molar-refractivity contribution in [3.05, 3.63) is 17.7 Å². The summed E-state index contributed by atoms with van der Waals surface area (Å²) in [5.41, 5.74) is 0.545. The summed E-state index contributed by atoms with van der Waals surface area (Å²) in [6, 6.07) is 2.31. The lowest BCUT2D eigenvalue weighted by molar-refractivity contribution is -0.138. The largest absolute Gasteiger partial charge is 0.508 e. The van der Waals surface area contributed by atoms with Gasteiger partial charge in [0.05, 0.1) is 19.8 Å². The van der Waals surface area contributed by atoms with E-state index in [0.29, 0.717) is 43.2 Å². The van der Waals surface area contributed by atoms with Crippen LogP contribution >= 0.6 is 0 Å². The van der Waals surface area contributed by atoms with Gasteiger partial charge < -0.3 is 19.9 Å². The third-order valence-corrected chi connectivity index (χ3v) is 4.16. The van der Waals surface area contributed by atoms with Crippen LogP contribution in [0.3, 0.4) is 0 Å². The Kier molecular flexibility index (Phi) is 6.17. The van der Waals surface area contributed by atoms with E-state index in [1.807, 2.05) is 4.90 Å². The number of nitrogens with one attached hydrogen (secondary N) is 1. The Bertz CT molecular complexity index is 521. The second-order valence-corrected chi connectivity index (χ2v) is 5.72. The maximum Gasteiger partial charge on any atom is 0.389 e. The summed E-state index contributed by atoms with van der Waals surface area (Å²) in [4.78, 5) is 2.00. The van der Waals surface area contributed by atoms with E-state index < -0.39 is 18.6 Å². The molecule has 2 rings (SSSR count). The van der Waals surface area contributed by atoms with Gasteiger partial charge in [-0.2, -0.15) is 13.2 Å². The van der Waals surface area contributed by atoms with Crippen LogP contribution in [0.25, 0.3) is 0 Å². The molecule has 0 bridgehead atoms. The van der Waals surface area contributed by atoms with Crippen molar-refractivity contribution in [2.45, 2.75) is 25.1 Å². The van der Waals surface area contributed by atoms with Gasteiger partial charge >= 0.3 is 6.18 Å². The first-order valence-corrected chi connectivity index (χ1v) is 7.82. The van der Waals surface area contributed by atoms with E-state index in [0.717, 1.165) is 0 Å². The van der Waals surface area contributed by atoms with Gasteiger partial charge in [0.1, 0.15) is 17.2 Å². The smallest absolute Gasteiger partial charge is 0.389 e. The minimum atomic E-state index is -4.23. The molecule has 0 amide bonds. The van der Waals surface area contributed by atoms with Crippen LogP contribution in [0.2, 0.25) is 0 Å². The van der Waals surface area contributed by atoms with E-state index in [2.05, 4.69) is 5.32 Å². The van der Waals surface area contributed by atoms with Gasteiger partial charge in [0.2, 0.25) is 0 Å². The van der Waals surface area contributed by atoms with Crippen LogP contribution in [-0.4, -0.2) is 56.6 Å². The third-order valence-electron chi connectivity index (χ3n) is 4.16. The van der Waals surface area contributed by atoms with Gasteiger partial charge in [0.25, 0.3) is 0 Å². The van der Waals surface area contributed by atoms with Crippen molar-refractivity contribution >= 4 is 0 Å². The average Bonchev–Trinajstić information content (AvgIpc) is 2.55. The lowest BCUT2D eigenvalue weighted by Crippen LogP contribution is -2.45. The summed E-state index contributed by atoms with van der Waals surface area (Å²) < 4.78 is 49.0. The maximum absolute atomic E-state index is 12.8. The van der Waals surface area contributed by atoms with Crippen molar-refractivity contribution in [1.29, 1.82) is 0 Å². The quantitative estimate of drug-likeness (QED) is 0.828. The molecule has 2 N–H and O–H groups in total. The zero-order chi connectivity index (χ0) is 17.7. The molecule has 0 saturated carbocycles. The number of rotatable bonds is 6. The molecular weight excluding hydrogens is 325 g/mol. The van der Waals surface area contributed by atoms with Gasteiger partial charge in [0.15, 0.2) is 0 Å². The summed E-state index contributed by atoms with van der Waals surface area (Å²) in [6.45, 7) is 2.70. The first kappa shape index (κ1) is 18.7. The number of piperazine rings is 1. The molecule has 1 aliphatic heterocycles. The van der Waals surface area contributed by atoms with Gasteiger partial charge in [-0.15, -0.1) is 0 Å². The lowest BCUT2D eigenvalue weighted by atomic mass is 9.97. The Morgan fingerprint density at radius 3 is 2.17 bits per heavy atom. The molecule has 0 radical (unpaired) electrons. The third kappa shape index (κ3) is 4.67. The van der Waals surface area contributed by atoms with Crippen molar-refractivity contribution < 1.29 is 27.8 Å². The topological polar surface area (TPSA) is 54.0 Å². The monoisotopic (exact) mass is 348 g/mol. The van der Waals surface area contributed by atoms with Gasteiger partial charge in [-0.1, -0.05) is 0 Å². The Morgan fingerprint density at radius 1 is 1.17 bits per heavy atom. The highest BCUT2D eigenvalue weighted by Gasteiger charge is 2.34. The fourth-order valence-electron chi connectivity index (χ4n) is 3.06. The zero-order valence-corrected chi connectivity index (χ0v) is 13.8. The average molecular weight is 348 g/mol. The van der Waals surface area contributed by atoms with Gasteiger partial charge in [-0.25, -0.2) is 0 Å². The molecule has 1 heterocycles. The molecule has 136 valence electrons. The van der Waals surface area contributed by atoms with Crippen LogP contribution < -0.4 is 14.8 Å². The molecule has 1 aromatic rings. The number of aromatic hydroxyl groups is 1. The highest BCUT2D eigenvalue weighted by molar-refractivity contribution is 5.52. The normalized spacial score (nSPS) is 17.5. The maximum atomic E-state index is 12.8. The number of phenolic OH excluding ortho intramolecular Hbond substituents is 1. The Balaban J connectivity index is 2.41. The van der Waals surface area contributed by atoms with Crippen LogP contribution in [0, 0.1) is 0 Å². The number of alkyl halides is 3. The highest BCUT2D eigenvalue weighted by Crippen LogP contribution is 2.43. The summed E-state index contributed by atoms with van der Waals surface area (Å²) in [6.07, 6.45) is -5.22. The van der Waals surface area contributed by atoms with Crippen LogP contribution in [0.1, 0.15) is 24.4 Å². The molecule has 0 aliphatic carbocycles. The van der Waals surface area contributed by atoms with Gasteiger partial charge in [0, 0.05) is 50.8 Å². The highest BCUT2D eigenvalue weighted by atomic mass is 19.4. The van der Waals surface area contributed by atoms with Crippen molar-refractivity contribution in [3.63, 3.8) is 0 Å². The number of benzene rings is 1. The summed E-state index contributed by atoms with van der Waals surface area (Å²) in [7, 11) is 2.85. The predicted molar refractivity (Wildman–Crippen MR) is 83.7 cm³/mol. The van der Waals surface area contributed by atoms with E-state index in [-0.39, 0.29) is 12.2 Å². The van der Waals surface area contributed by atoms with E-state index in [1.54, 1.807) is 0 Å². The molecule has 8 heteroatoms. The zero-order valence-electron chi connectivity index (χ0n) is 13.8. The van der Waals surface area contributed by atoms with E-state index in [4.69, 9.17) is 9.47 Å². The lowest BCUT2D eigenvalue weighted by Gasteiger charge is -2.36. The van der Waals surface area contributed by atoms with Crippen LogP contribution in [0.5, 0.6) is 17.2 Å². The van der Waals surface area contributed by atoms with Crippen molar-refractivity contribution in [1.82, 2.24) is 10.2 Å². The molecule has 0 unspecified atom stereocenters. The Labute approximate surface area is 139 Å². The summed E-state index contributed by atoms with van der Waals surface area (Å²) in [5, 5.41) is 13.0. The first-order valence-electron chi connectivity index (χ1n) is 7.82. The fourth-order valence-corrected chi connectivity index (χ4v) is 3.06. The number of phenols is 1. The number of hydrogen-bond donors (Lipinski definition) is 2. The van der Waals surface area contributed by atoms with E-state index >= 15 is 0 Å². The standard InChI is InChI=1S/C16H23F3N2O3/c1-23-13-9-11(22)10-14(24-2)15(13)12(3-4-16(17,18)19)21-7-5-20-6-8-21/h9-10,12,20,22H,3-8H2,1-2H3/t12-/m0/s1. The Morgan fingerprint density at radius 2 is 1.71 bits per heavy atom.